The van der Waals surface area contributed by atoms with Crippen molar-refractivity contribution in [2.45, 2.75) is 0 Å². The lowest BCUT2D eigenvalue weighted by Gasteiger charge is -2.06. The first kappa shape index (κ1) is 12.6. The Balaban J connectivity index is 2.07. The summed E-state index contributed by atoms with van der Waals surface area (Å²) in [6.07, 6.45) is 1.72. The second-order valence-electron chi connectivity index (χ2n) is 4.01. The zero-order valence-electron chi connectivity index (χ0n) is 9.79. The molecule has 0 aliphatic rings. The normalized spacial score (nSPS) is 10.6. The van der Waals surface area contributed by atoms with Crippen LogP contribution in [0.25, 0.3) is 17.1 Å². The predicted octanol–water partition coefficient (Wildman–Crippen LogP) is 4.46. The molecule has 0 aliphatic heterocycles. The molecule has 0 bridgehead atoms. The van der Waals surface area contributed by atoms with E-state index in [2.05, 4.69) is 42.1 Å². The van der Waals surface area contributed by atoms with Crippen LogP contribution in [0.1, 0.15) is 0 Å². The highest BCUT2D eigenvalue weighted by atomic mass is 79.9. The predicted molar refractivity (Wildman–Crippen MR) is 82.2 cm³/mol. The summed E-state index contributed by atoms with van der Waals surface area (Å²) in [5.41, 5.74) is 2.06. The molecule has 0 spiro atoms. The fraction of sp³-hybridized carbons (Fsp3) is 0. The van der Waals surface area contributed by atoms with Crippen LogP contribution >= 0.6 is 31.9 Å². The number of hydrogen-bond acceptors (Lipinski definition) is 2. The van der Waals surface area contributed by atoms with Crippen molar-refractivity contribution in [2.75, 3.05) is 0 Å². The average molecular weight is 379 g/mol. The van der Waals surface area contributed by atoms with Crippen LogP contribution in [0, 0.1) is 0 Å². The standard InChI is InChI=1S/C14H9Br2N3/c15-11-3-1-10(2-4-11)14-18-17-9-19(14)13-7-5-12(16)6-8-13/h1-9H. The Labute approximate surface area is 127 Å². The lowest BCUT2D eigenvalue weighted by molar-refractivity contribution is 1.06. The van der Waals surface area contributed by atoms with E-state index in [0.29, 0.717) is 0 Å². The molecule has 0 saturated heterocycles. The lowest BCUT2D eigenvalue weighted by atomic mass is 10.2. The fourth-order valence-electron chi connectivity index (χ4n) is 1.82. The molecule has 3 rings (SSSR count). The second-order valence-corrected chi connectivity index (χ2v) is 5.84. The highest BCUT2D eigenvalue weighted by Crippen LogP contribution is 2.23. The SMILES string of the molecule is Brc1ccc(-c2nncn2-c2ccc(Br)cc2)cc1. The molecule has 1 heterocycles. The van der Waals surface area contributed by atoms with Gasteiger partial charge in [0.2, 0.25) is 0 Å². The van der Waals surface area contributed by atoms with E-state index in [9.17, 15) is 0 Å². The first-order chi connectivity index (χ1) is 9.24. The Morgan fingerprint density at radius 2 is 1.37 bits per heavy atom. The van der Waals surface area contributed by atoms with E-state index in [1.807, 2.05) is 53.1 Å². The monoisotopic (exact) mass is 377 g/mol. The molecule has 1 aromatic heterocycles. The average Bonchev–Trinajstić information content (AvgIpc) is 2.90. The van der Waals surface area contributed by atoms with Gasteiger partial charge in [0.15, 0.2) is 5.82 Å². The zero-order valence-corrected chi connectivity index (χ0v) is 13.0. The van der Waals surface area contributed by atoms with Crippen LogP contribution in [-0.4, -0.2) is 14.8 Å². The largest absolute Gasteiger partial charge is 0.282 e. The third-order valence-corrected chi connectivity index (χ3v) is 3.81. The molecule has 19 heavy (non-hydrogen) atoms. The number of aromatic nitrogens is 3. The van der Waals surface area contributed by atoms with Gasteiger partial charge in [-0.05, 0) is 36.4 Å². The van der Waals surface area contributed by atoms with Gasteiger partial charge in [0.25, 0.3) is 0 Å². The van der Waals surface area contributed by atoms with Gasteiger partial charge in [0.05, 0.1) is 0 Å². The van der Waals surface area contributed by atoms with Gasteiger partial charge in [0, 0.05) is 20.2 Å². The van der Waals surface area contributed by atoms with Gasteiger partial charge in [-0.3, -0.25) is 4.57 Å². The number of halogens is 2. The van der Waals surface area contributed by atoms with Crippen molar-refractivity contribution < 1.29 is 0 Å². The van der Waals surface area contributed by atoms with Crippen molar-refractivity contribution in [3.63, 3.8) is 0 Å². The van der Waals surface area contributed by atoms with Crippen LogP contribution in [0.5, 0.6) is 0 Å². The number of benzene rings is 2. The molecular weight excluding hydrogens is 370 g/mol. The van der Waals surface area contributed by atoms with E-state index < -0.39 is 0 Å². The maximum absolute atomic E-state index is 4.20. The minimum Gasteiger partial charge on any atom is -0.282 e. The highest BCUT2D eigenvalue weighted by Gasteiger charge is 2.08. The third kappa shape index (κ3) is 2.62. The summed E-state index contributed by atoms with van der Waals surface area (Å²) in [5, 5.41) is 8.21. The molecular formula is C14H9Br2N3. The van der Waals surface area contributed by atoms with Crippen molar-refractivity contribution in [1.82, 2.24) is 14.8 Å². The van der Waals surface area contributed by atoms with Crippen LogP contribution in [0.15, 0.2) is 63.8 Å². The quantitative estimate of drug-likeness (QED) is 0.659. The minimum atomic E-state index is 0.829. The van der Waals surface area contributed by atoms with E-state index in [1.165, 1.54) is 0 Å². The molecule has 0 amide bonds. The molecule has 0 fully saturated rings. The van der Waals surface area contributed by atoms with Gasteiger partial charge in [-0.2, -0.15) is 0 Å². The first-order valence-corrected chi connectivity index (χ1v) is 7.24. The smallest absolute Gasteiger partial charge is 0.168 e. The molecule has 2 aromatic carbocycles. The second kappa shape index (κ2) is 5.27. The summed E-state index contributed by atoms with van der Waals surface area (Å²) in [4.78, 5) is 0. The minimum absolute atomic E-state index is 0.829. The molecule has 5 heteroatoms. The molecule has 3 aromatic rings. The van der Waals surface area contributed by atoms with Gasteiger partial charge < -0.3 is 0 Å². The fourth-order valence-corrected chi connectivity index (χ4v) is 2.35. The Bertz CT molecular complexity index is 627. The van der Waals surface area contributed by atoms with E-state index in [-0.39, 0.29) is 0 Å². The molecule has 0 N–H and O–H groups in total. The van der Waals surface area contributed by atoms with Gasteiger partial charge in [-0.25, -0.2) is 0 Å². The van der Waals surface area contributed by atoms with Gasteiger partial charge in [-0.1, -0.05) is 44.0 Å². The first-order valence-electron chi connectivity index (χ1n) is 5.66. The molecule has 0 atom stereocenters. The zero-order chi connectivity index (χ0) is 13.2. The van der Waals surface area contributed by atoms with Crippen LogP contribution in [0.2, 0.25) is 0 Å². The highest BCUT2D eigenvalue weighted by molar-refractivity contribution is 9.10. The summed E-state index contributed by atoms with van der Waals surface area (Å²) in [5.74, 6) is 0.829. The summed E-state index contributed by atoms with van der Waals surface area (Å²) in [7, 11) is 0. The third-order valence-electron chi connectivity index (χ3n) is 2.75. The van der Waals surface area contributed by atoms with Crippen LogP contribution < -0.4 is 0 Å². The molecule has 0 unspecified atom stereocenters. The van der Waals surface area contributed by atoms with Crippen molar-refractivity contribution in [1.29, 1.82) is 0 Å². The summed E-state index contributed by atoms with van der Waals surface area (Å²) in [6.45, 7) is 0. The van der Waals surface area contributed by atoms with Crippen LogP contribution in [-0.2, 0) is 0 Å². The molecule has 3 nitrogen and oxygen atoms in total. The number of nitrogens with zero attached hydrogens (tertiary/aromatic N) is 3. The number of rotatable bonds is 2. The van der Waals surface area contributed by atoms with E-state index >= 15 is 0 Å². The molecule has 0 saturated carbocycles. The van der Waals surface area contributed by atoms with Crippen LogP contribution in [0.4, 0.5) is 0 Å². The van der Waals surface area contributed by atoms with E-state index in [1.54, 1.807) is 6.33 Å². The van der Waals surface area contributed by atoms with E-state index in [0.717, 1.165) is 26.0 Å². The van der Waals surface area contributed by atoms with Crippen LogP contribution in [0.3, 0.4) is 0 Å². The van der Waals surface area contributed by atoms with Crippen molar-refractivity contribution in [3.05, 3.63) is 63.8 Å². The maximum Gasteiger partial charge on any atom is 0.168 e. The van der Waals surface area contributed by atoms with Gasteiger partial charge in [0.1, 0.15) is 6.33 Å². The van der Waals surface area contributed by atoms with E-state index in [4.69, 9.17) is 0 Å². The van der Waals surface area contributed by atoms with Gasteiger partial charge in [-0.15, -0.1) is 10.2 Å². The summed E-state index contributed by atoms with van der Waals surface area (Å²) >= 11 is 6.87. The number of hydrogen-bond donors (Lipinski definition) is 0. The van der Waals surface area contributed by atoms with Crippen molar-refractivity contribution in [3.8, 4) is 17.1 Å². The molecule has 0 radical (unpaired) electrons. The Morgan fingerprint density at radius 1 is 0.789 bits per heavy atom. The molecule has 0 aliphatic carbocycles. The maximum atomic E-state index is 4.20. The summed E-state index contributed by atoms with van der Waals surface area (Å²) < 4.78 is 4.07. The Kier molecular flexibility index (Phi) is 3.48. The summed E-state index contributed by atoms with van der Waals surface area (Å²) in [6, 6.07) is 16.1. The molecule has 94 valence electrons. The topological polar surface area (TPSA) is 30.7 Å². The lowest BCUT2D eigenvalue weighted by Crippen LogP contribution is -1.95. The van der Waals surface area contributed by atoms with Crippen molar-refractivity contribution in [2.24, 2.45) is 0 Å². The van der Waals surface area contributed by atoms with Gasteiger partial charge >= 0.3 is 0 Å². The Hall–Kier alpha value is -1.46. The Morgan fingerprint density at radius 3 is 2.00 bits per heavy atom. The van der Waals surface area contributed by atoms with Crippen molar-refractivity contribution >= 4 is 31.9 Å².